The first-order chi connectivity index (χ1) is 8.97. The topological polar surface area (TPSA) is 36.9 Å². The van der Waals surface area contributed by atoms with Crippen molar-refractivity contribution in [1.82, 2.24) is 0 Å². The van der Waals surface area contributed by atoms with Crippen LogP contribution in [0.4, 0.5) is 0 Å². The maximum atomic E-state index is 6.44. The van der Waals surface area contributed by atoms with Gasteiger partial charge in [0, 0.05) is 13.7 Å². The molecule has 0 N–H and O–H groups in total. The summed E-state index contributed by atoms with van der Waals surface area (Å²) in [4.78, 5) is 0. The van der Waals surface area contributed by atoms with Gasteiger partial charge in [0.2, 0.25) is 0 Å². The van der Waals surface area contributed by atoms with Crippen molar-refractivity contribution < 1.29 is 17.7 Å². The lowest BCUT2D eigenvalue weighted by Gasteiger charge is -2.38. The molecule has 0 amide bonds. The summed E-state index contributed by atoms with van der Waals surface area (Å²) < 4.78 is 23.4. The Hall–Kier alpha value is 0.491. The van der Waals surface area contributed by atoms with Crippen LogP contribution in [0.1, 0.15) is 6.42 Å². The van der Waals surface area contributed by atoms with Crippen molar-refractivity contribution in [1.29, 1.82) is 0 Å². The van der Waals surface area contributed by atoms with Crippen LogP contribution in [0.2, 0.25) is 51.9 Å². The van der Waals surface area contributed by atoms with Crippen molar-refractivity contribution in [3.8, 4) is 0 Å². The summed E-state index contributed by atoms with van der Waals surface area (Å²) in [6, 6.07) is 1.01. The molecule has 0 aromatic rings. The van der Waals surface area contributed by atoms with Gasteiger partial charge in [-0.1, -0.05) is 0 Å². The van der Waals surface area contributed by atoms with Crippen LogP contribution < -0.4 is 0 Å². The smallest absolute Gasteiger partial charge is 0.314 e. The first-order valence-corrected chi connectivity index (χ1v) is 16.8. The van der Waals surface area contributed by atoms with Crippen LogP contribution in [0.3, 0.4) is 0 Å². The predicted octanol–water partition coefficient (Wildman–Crippen LogP) is 3.81. The number of methoxy groups -OCH3 is 1. The highest BCUT2D eigenvalue weighted by molar-refractivity contribution is 6.87. The molecule has 20 heavy (non-hydrogen) atoms. The van der Waals surface area contributed by atoms with Crippen LogP contribution in [0.15, 0.2) is 0 Å². The molecular formula is C13H34O4Si3. The van der Waals surface area contributed by atoms with Crippen LogP contribution in [-0.4, -0.2) is 52.1 Å². The monoisotopic (exact) mass is 338 g/mol. The fourth-order valence-electron chi connectivity index (χ4n) is 2.16. The van der Waals surface area contributed by atoms with Crippen LogP contribution >= 0.6 is 0 Å². The van der Waals surface area contributed by atoms with E-state index in [2.05, 4.69) is 45.8 Å². The number of rotatable bonds is 11. The normalized spacial score (nSPS) is 13.8. The summed E-state index contributed by atoms with van der Waals surface area (Å²) in [5.41, 5.74) is 0. The van der Waals surface area contributed by atoms with Gasteiger partial charge >= 0.3 is 8.56 Å². The lowest BCUT2D eigenvalue weighted by Crippen LogP contribution is -2.52. The second-order valence-electron chi connectivity index (χ2n) is 7.27. The third-order valence-electron chi connectivity index (χ3n) is 2.40. The Morgan fingerprint density at radius 3 is 1.60 bits per heavy atom. The van der Waals surface area contributed by atoms with E-state index in [1.807, 2.05) is 0 Å². The van der Waals surface area contributed by atoms with Crippen molar-refractivity contribution in [3.63, 3.8) is 0 Å². The molecule has 0 spiro atoms. The van der Waals surface area contributed by atoms with E-state index in [4.69, 9.17) is 17.7 Å². The molecule has 0 atom stereocenters. The Balaban J connectivity index is 4.32. The molecule has 4 nitrogen and oxygen atoms in total. The minimum atomic E-state index is -2.08. The number of hydrogen-bond acceptors (Lipinski definition) is 4. The summed E-state index contributed by atoms with van der Waals surface area (Å²) >= 11 is 0. The van der Waals surface area contributed by atoms with Crippen LogP contribution in [0.25, 0.3) is 0 Å². The average Bonchev–Trinajstić information content (AvgIpc) is 2.17. The number of hydrogen-bond donors (Lipinski definition) is 0. The predicted molar refractivity (Wildman–Crippen MR) is 92.6 cm³/mol. The molecule has 0 saturated heterocycles. The molecule has 0 aliphatic carbocycles. The van der Waals surface area contributed by atoms with E-state index >= 15 is 0 Å². The molecule has 0 aliphatic rings. The van der Waals surface area contributed by atoms with Gasteiger partial charge in [0.25, 0.3) is 0 Å². The summed E-state index contributed by atoms with van der Waals surface area (Å²) in [7, 11) is -3.54. The minimum Gasteiger partial charge on any atom is -0.437 e. The zero-order valence-electron chi connectivity index (χ0n) is 14.7. The minimum absolute atomic E-state index is 0.658. The van der Waals surface area contributed by atoms with Crippen molar-refractivity contribution >= 4 is 25.2 Å². The first-order valence-electron chi connectivity index (χ1n) is 7.44. The molecule has 0 radical (unpaired) electrons. The largest absolute Gasteiger partial charge is 0.437 e. The highest BCUT2D eigenvalue weighted by Crippen LogP contribution is 2.25. The van der Waals surface area contributed by atoms with Gasteiger partial charge in [-0.3, -0.25) is 0 Å². The molecule has 7 heteroatoms. The van der Waals surface area contributed by atoms with Crippen molar-refractivity contribution in [2.75, 3.05) is 26.9 Å². The lowest BCUT2D eigenvalue weighted by atomic mass is 10.5. The third-order valence-corrected chi connectivity index (χ3v) is 12.0. The quantitative estimate of drug-likeness (QED) is 0.424. The van der Waals surface area contributed by atoms with Gasteiger partial charge in [-0.15, -0.1) is 0 Å². The molecule has 122 valence electrons. The van der Waals surface area contributed by atoms with Crippen molar-refractivity contribution in [2.45, 2.75) is 58.3 Å². The van der Waals surface area contributed by atoms with Crippen molar-refractivity contribution in [2.24, 2.45) is 0 Å². The summed E-state index contributed by atoms with van der Waals surface area (Å²) in [5, 5.41) is 0. The molecular weight excluding hydrogens is 304 g/mol. The molecule has 0 rings (SSSR count). The molecule has 0 fully saturated rings. The highest BCUT2D eigenvalue weighted by Gasteiger charge is 2.39. The zero-order valence-corrected chi connectivity index (χ0v) is 17.7. The zero-order chi connectivity index (χ0) is 15.9. The second-order valence-corrected chi connectivity index (χ2v) is 20.1. The maximum absolute atomic E-state index is 6.44. The van der Waals surface area contributed by atoms with Gasteiger partial charge in [-0.25, -0.2) is 0 Å². The van der Waals surface area contributed by atoms with Gasteiger partial charge in [0.1, 0.15) is 0 Å². The summed E-state index contributed by atoms with van der Waals surface area (Å²) in [5.74, 6) is 0. The Bertz CT molecular complexity index is 245. The molecule has 0 heterocycles. The lowest BCUT2D eigenvalue weighted by molar-refractivity contribution is 0.0704. The SMILES string of the molecule is COCCOCCC[Si](C)(O[Si](C)(C)C)O[Si](C)(C)C. The summed E-state index contributed by atoms with van der Waals surface area (Å²) in [6.45, 7) is 17.7. The van der Waals surface area contributed by atoms with Gasteiger partial charge < -0.3 is 17.7 Å². The van der Waals surface area contributed by atoms with E-state index in [1.165, 1.54) is 0 Å². The Kier molecular flexibility index (Phi) is 9.03. The van der Waals surface area contributed by atoms with Gasteiger partial charge in [0.15, 0.2) is 16.6 Å². The van der Waals surface area contributed by atoms with E-state index in [-0.39, 0.29) is 0 Å². The van der Waals surface area contributed by atoms with E-state index in [9.17, 15) is 0 Å². The molecule has 0 unspecified atom stereocenters. The molecule has 0 bridgehead atoms. The average molecular weight is 339 g/mol. The summed E-state index contributed by atoms with van der Waals surface area (Å²) in [6.07, 6.45) is 1.00. The van der Waals surface area contributed by atoms with E-state index in [1.54, 1.807) is 7.11 Å². The van der Waals surface area contributed by atoms with Gasteiger partial charge in [-0.05, 0) is 58.3 Å². The maximum Gasteiger partial charge on any atom is 0.314 e. The van der Waals surface area contributed by atoms with Crippen LogP contribution in [0, 0.1) is 0 Å². The highest BCUT2D eigenvalue weighted by atomic mass is 28.5. The van der Waals surface area contributed by atoms with Crippen LogP contribution in [-0.2, 0) is 17.7 Å². The van der Waals surface area contributed by atoms with E-state index < -0.39 is 25.2 Å². The Morgan fingerprint density at radius 1 is 0.700 bits per heavy atom. The standard InChI is InChI=1S/C13H34O4Si3/c1-14-11-12-15-10-9-13-20(8,16-18(2,3)4)17-19(5,6)7/h9-13H2,1-8H3. The fraction of sp³-hybridized carbons (Fsp3) is 1.00. The Labute approximate surface area is 128 Å². The van der Waals surface area contributed by atoms with Crippen LogP contribution in [0.5, 0.6) is 0 Å². The van der Waals surface area contributed by atoms with E-state index in [0.717, 1.165) is 19.1 Å². The fourth-order valence-corrected chi connectivity index (χ4v) is 14.7. The molecule has 0 aromatic carbocycles. The number of ether oxygens (including phenoxy) is 2. The molecule has 0 saturated carbocycles. The third kappa shape index (κ3) is 12.2. The Morgan fingerprint density at radius 2 is 1.20 bits per heavy atom. The molecule has 0 aliphatic heterocycles. The second kappa shape index (κ2) is 8.82. The van der Waals surface area contributed by atoms with Gasteiger partial charge in [-0.2, -0.15) is 0 Å². The van der Waals surface area contributed by atoms with Gasteiger partial charge in [0.05, 0.1) is 13.2 Å². The molecule has 0 aromatic heterocycles. The van der Waals surface area contributed by atoms with E-state index in [0.29, 0.717) is 13.2 Å². The van der Waals surface area contributed by atoms with Crippen molar-refractivity contribution in [3.05, 3.63) is 0 Å². The first kappa shape index (κ1) is 20.5.